The number of hydrogen-bond acceptors (Lipinski definition) is 2. The lowest BCUT2D eigenvalue weighted by atomic mass is 9.97. The molecule has 0 radical (unpaired) electrons. The third-order valence-electron chi connectivity index (χ3n) is 13.2. The second kappa shape index (κ2) is 16.1. The molecule has 312 valence electrons. The van der Waals surface area contributed by atoms with E-state index in [2.05, 4.69) is 209 Å². The van der Waals surface area contributed by atoms with Crippen LogP contribution in [0.3, 0.4) is 0 Å². The fraction of sp³-hybridized carbons (Fsp3) is 0.0159. The zero-order valence-corrected chi connectivity index (χ0v) is 36.7. The van der Waals surface area contributed by atoms with E-state index in [0.717, 1.165) is 116 Å². The van der Waals surface area contributed by atoms with E-state index in [4.69, 9.17) is 0 Å². The Hall–Kier alpha value is -9.22. The molecule has 0 N–H and O–H groups in total. The van der Waals surface area contributed by atoms with Gasteiger partial charge in [-0.3, -0.25) is 0 Å². The minimum atomic E-state index is 0.528. The molecule has 67 heavy (non-hydrogen) atoms. The Kier molecular flexibility index (Phi) is 9.46. The van der Waals surface area contributed by atoms with Crippen LogP contribution in [0.25, 0.3) is 111 Å². The van der Waals surface area contributed by atoms with E-state index in [1.165, 1.54) is 0 Å². The molecule has 0 fully saturated rings. The zero-order chi connectivity index (χ0) is 45.0. The fourth-order valence-corrected chi connectivity index (χ4v) is 10.1. The third kappa shape index (κ3) is 6.76. The summed E-state index contributed by atoms with van der Waals surface area (Å²) in [5.41, 5.74) is 18.1. The molecule has 0 atom stereocenters. The van der Waals surface area contributed by atoms with Crippen molar-refractivity contribution in [1.82, 2.24) is 9.13 Å². The van der Waals surface area contributed by atoms with Gasteiger partial charge in [-0.05, 0) is 117 Å². The first-order valence-corrected chi connectivity index (χ1v) is 22.5. The van der Waals surface area contributed by atoms with Crippen molar-refractivity contribution in [2.24, 2.45) is 0 Å². The van der Waals surface area contributed by atoms with Crippen LogP contribution in [0.5, 0.6) is 0 Å². The van der Waals surface area contributed by atoms with Crippen LogP contribution in [0, 0.1) is 29.6 Å². The number of fused-ring (bicyclic) bond motifs is 6. The molecule has 4 heteroatoms. The molecule has 0 aliphatic carbocycles. The maximum absolute atomic E-state index is 11.9. The minimum absolute atomic E-state index is 0.528. The van der Waals surface area contributed by atoms with Gasteiger partial charge in [0.2, 0.25) is 0 Å². The summed E-state index contributed by atoms with van der Waals surface area (Å²) >= 11 is 0. The second-order valence-corrected chi connectivity index (χ2v) is 17.3. The summed E-state index contributed by atoms with van der Waals surface area (Å²) in [6.07, 6.45) is 0. The molecule has 0 bridgehead atoms. The predicted octanol–water partition coefficient (Wildman–Crippen LogP) is 16.3. The number of nitriles is 2. The molecule has 2 aromatic heterocycles. The van der Waals surface area contributed by atoms with Crippen LogP contribution in [0.15, 0.2) is 224 Å². The highest BCUT2D eigenvalue weighted by atomic mass is 15.0. The quantitative estimate of drug-likeness (QED) is 0.160. The summed E-state index contributed by atoms with van der Waals surface area (Å²) in [6, 6.07) is 84.1. The number of rotatable bonds is 7. The summed E-state index contributed by atoms with van der Waals surface area (Å²) in [6.45, 7) is 2.03. The monoisotopic (exact) mass is 852 g/mol. The lowest BCUT2D eigenvalue weighted by molar-refractivity contribution is 1.12. The maximum atomic E-state index is 11.9. The van der Waals surface area contributed by atoms with Crippen LogP contribution < -0.4 is 0 Å². The van der Waals surface area contributed by atoms with Gasteiger partial charge in [0.25, 0.3) is 0 Å². The summed E-state index contributed by atoms with van der Waals surface area (Å²) in [7, 11) is 0. The van der Waals surface area contributed by atoms with Crippen LogP contribution in [-0.2, 0) is 0 Å². The van der Waals surface area contributed by atoms with Gasteiger partial charge in [0.15, 0.2) is 0 Å². The van der Waals surface area contributed by atoms with Crippen molar-refractivity contribution < 1.29 is 0 Å². The molecule has 0 saturated carbocycles. The van der Waals surface area contributed by atoms with Crippen LogP contribution in [0.2, 0.25) is 0 Å². The molecule has 12 aromatic rings. The lowest BCUT2D eigenvalue weighted by Gasteiger charge is -2.19. The van der Waals surface area contributed by atoms with E-state index in [1.54, 1.807) is 0 Å². The molecular weight excluding hydrogens is 813 g/mol. The Morgan fingerprint density at radius 2 is 0.627 bits per heavy atom. The summed E-state index contributed by atoms with van der Waals surface area (Å²) in [5.74, 6) is 0. The van der Waals surface area contributed by atoms with Crippen molar-refractivity contribution in [3.05, 3.63) is 241 Å². The molecule has 0 saturated heterocycles. The third-order valence-corrected chi connectivity index (χ3v) is 13.2. The molecule has 10 aromatic carbocycles. The Balaban J connectivity index is 1.25. The Labute approximate surface area is 388 Å². The van der Waals surface area contributed by atoms with E-state index in [9.17, 15) is 10.5 Å². The second-order valence-electron chi connectivity index (χ2n) is 17.3. The molecule has 0 aliphatic heterocycles. The van der Waals surface area contributed by atoms with Gasteiger partial charge in [-0.2, -0.15) is 10.5 Å². The first-order valence-electron chi connectivity index (χ1n) is 22.5. The first kappa shape index (κ1) is 39.4. The normalized spacial score (nSPS) is 11.3. The highest BCUT2D eigenvalue weighted by Crippen LogP contribution is 2.43. The van der Waals surface area contributed by atoms with E-state index >= 15 is 0 Å². The molecule has 0 amide bonds. The van der Waals surface area contributed by atoms with Gasteiger partial charge in [0, 0.05) is 21.5 Å². The van der Waals surface area contributed by atoms with Crippen molar-refractivity contribution in [2.45, 2.75) is 6.92 Å². The van der Waals surface area contributed by atoms with E-state index in [1.807, 2.05) is 43.3 Å². The number of hydrogen-bond donors (Lipinski definition) is 0. The standard InChI is InChI=1S/C63H40N4/c1-41-30-42(39-64)32-51(31-41)52-37-62(66-58-33-47(43-14-6-2-7-15-43)22-26-53(58)54-27-23-48(34-59(54)66)44-16-8-3-9-17-44)57(40-65)63(38-52)67-60-35-49(45-18-10-4-11-19-45)24-28-55(60)56-29-25-50(36-61(56)67)46-20-12-5-13-21-46/h2-38H,1H3. The van der Waals surface area contributed by atoms with Crippen LogP contribution in [-0.4, -0.2) is 9.13 Å². The summed E-state index contributed by atoms with van der Waals surface area (Å²) in [5, 5.41) is 26.5. The molecule has 0 unspecified atom stereocenters. The highest BCUT2D eigenvalue weighted by Gasteiger charge is 2.24. The lowest BCUT2D eigenvalue weighted by Crippen LogP contribution is -2.05. The first-order chi connectivity index (χ1) is 33.0. The van der Waals surface area contributed by atoms with Gasteiger partial charge in [-0.1, -0.05) is 176 Å². The van der Waals surface area contributed by atoms with Crippen LogP contribution in [0.4, 0.5) is 0 Å². The average Bonchev–Trinajstić information content (AvgIpc) is 3.90. The Morgan fingerprint density at radius 3 is 0.940 bits per heavy atom. The van der Waals surface area contributed by atoms with Gasteiger partial charge >= 0.3 is 0 Å². The smallest absolute Gasteiger partial charge is 0.104 e. The minimum Gasteiger partial charge on any atom is -0.308 e. The van der Waals surface area contributed by atoms with Crippen LogP contribution >= 0.6 is 0 Å². The van der Waals surface area contributed by atoms with E-state index < -0.39 is 0 Å². The molecular formula is C63H40N4. The van der Waals surface area contributed by atoms with Crippen molar-refractivity contribution in [1.29, 1.82) is 10.5 Å². The van der Waals surface area contributed by atoms with Gasteiger partial charge in [-0.25, -0.2) is 0 Å². The van der Waals surface area contributed by atoms with Gasteiger partial charge in [0.05, 0.1) is 45.1 Å². The predicted molar refractivity (Wildman–Crippen MR) is 276 cm³/mol. The Morgan fingerprint density at radius 1 is 0.299 bits per heavy atom. The fourth-order valence-electron chi connectivity index (χ4n) is 10.1. The average molecular weight is 853 g/mol. The van der Waals surface area contributed by atoms with Gasteiger partial charge in [0.1, 0.15) is 11.6 Å². The molecule has 0 spiro atoms. The van der Waals surface area contributed by atoms with Gasteiger partial charge in [-0.15, -0.1) is 0 Å². The maximum Gasteiger partial charge on any atom is 0.104 e. The van der Waals surface area contributed by atoms with Crippen molar-refractivity contribution >= 4 is 43.6 Å². The summed E-state index contributed by atoms with van der Waals surface area (Å²) < 4.78 is 4.60. The number of benzene rings is 10. The van der Waals surface area contributed by atoms with Crippen molar-refractivity contribution in [3.63, 3.8) is 0 Å². The van der Waals surface area contributed by atoms with Crippen molar-refractivity contribution in [2.75, 3.05) is 0 Å². The number of nitrogens with zero attached hydrogens (tertiary/aromatic N) is 4. The number of aryl methyl sites for hydroxylation is 1. The molecule has 0 aliphatic rings. The largest absolute Gasteiger partial charge is 0.308 e. The number of aromatic nitrogens is 2. The van der Waals surface area contributed by atoms with Crippen molar-refractivity contribution in [3.8, 4) is 79.1 Å². The zero-order valence-electron chi connectivity index (χ0n) is 36.7. The highest BCUT2D eigenvalue weighted by molar-refractivity contribution is 6.13. The molecule has 12 rings (SSSR count). The van der Waals surface area contributed by atoms with Gasteiger partial charge < -0.3 is 9.13 Å². The van der Waals surface area contributed by atoms with E-state index in [-0.39, 0.29) is 0 Å². The summed E-state index contributed by atoms with van der Waals surface area (Å²) in [4.78, 5) is 0. The Bertz CT molecular complexity index is 3560. The topological polar surface area (TPSA) is 57.4 Å². The molecule has 4 nitrogen and oxygen atoms in total. The van der Waals surface area contributed by atoms with E-state index in [0.29, 0.717) is 11.1 Å². The SMILES string of the molecule is Cc1cc(C#N)cc(-c2cc(-n3c4cc(-c5ccccc5)ccc4c4ccc(-c5ccccc5)cc43)c(C#N)c(-n3c4cc(-c5ccccc5)ccc4c4ccc(-c5ccccc5)cc43)c2)c1. The molecule has 2 heterocycles. The van der Waals surface area contributed by atoms with Crippen LogP contribution in [0.1, 0.15) is 16.7 Å².